The summed E-state index contributed by atoms with van der Waals surface area (Å²) in [5.41, 5.74) is -2.70. The van der Waals surface area contributed by atoms with Gasteiger partial charge in [0.25, 0.3) is 0 Å². The number of ketones is 2. The van der Waals surface area contributed by atoms with Gasteiger partial charge in [-0.15, -0.1) is 0 Å². The van der Waals surface area contributed by atoms with Crippen molar-refractivity contribution in [1.29, 1.82) is 0 Å². The topological polar surface area (TPSA) is 86.7 Å². The fraction of sp³-hybridized carbons (Fsp3) is 0.692. The van der Waals surface area contributed by atoms with Gasteiger partial charge in [0.05, 0.1) is 14.2 Å². The van der Waals surface area contributed by atoms with Crippen LogP contribution < -0.4 is 0 Å². The van der Waals surface area contributed by atoms with Crippen LogP contribution in [-0.4, -0.2) is 37.7 Å². The Kier molecular flexibility index (Phi) is 3.20. The van der Waals surface area contributed by atoms with Crippen molar-refractivity contribution < 1.29 is 28.7 Å². The van der Waals surface area contributed by atoms with Crippen LogP contribution >= 0.6 is 0 Å². The molecule has 0 N–H and O–H groups in total. The van der Waals surface area contributed by atoms with Crippen LogP contribution in [0.5, 0.6) is 0 Å². The number of carbonyl (C=O) groups excluding carboxylic acids is 4. The first kappa shape index (κ1) is 13.7. The smallest absolute Gasteiger partial charge is 0.319 e. The van der Waals surface area contributed by atoms with Gasteiger partial charge in [-0.25, -0.2) is 0 Å². The highest BCUT2D eigenvalue weighted by molar-refractivity contribution is 6.13. The van der Waals surface area contributed by atoms with Crippen molar-refractivity contribution in [2.75, 3.05) is 14.2 Å². The number of fused-ring (bicyclic) bond motifs is 2. The van der Waals surface area contributed by atoms with E-state index in [1.165, 1.54) is 14.2 Å². The molecule has 0 radical (unpaired) electrons. The molecule has 0 saturated heterocycles. The third-order valence-corrected chi connectivity index (χ3v) is 4.38. The van der Waals surface area contributed by atoms with Crippen molar-refractivity contribution in [3.05, 3.63) is 0 Å². The predicted molar refractivity (Wildman–Crippen MR) is 62.0 cm³/mol. The Morgan fingerprint density at radius 1 is 0.895 bits per heavy atom. The lowest BCUT2D eigenvalue weighted by Gasteiger charge is -2.46. The minimum atomic E-state index is -1.35. The number of ether oxygens (including phenoxy) is 2. The van der Waals surface area contributed by atoms with Gasteiger partial charge in [0, 0.05) is 12.8 Å². The molecule has 2 saturated carbocycles. The summed E-state index contributed by atoms with van der Waals surface area (Å²) in [4.78, 5) is 48.2. The average Bonchev–Trinajstić information content (AvgIpc) is 2.44. The maximum atomic E-state index is 12.1. The minimum Gasteiger partial charge on any atom is -0.468 e. The highest BCUT2D eigenvalue weighted by atomic mass is 16.5. The van der Waals surface area contributed by atoms with E-state index in [0.717, 1.165) is 0 Å². The molecule has 0 amide bonds. The van der Waals surface area contributed by atoms with Gasteiger partial charge in [-0.3, -0.25) is 19.2 Å². The fourth-order valence-electron chi connectivity index (χ4n) is 3.27. The zero-order valence-electron chi connectivity index (χ0n) is 11.0. The summed E-state index contributed by atoms with van der Waals surface area (Å²) in [6, 6.07) is 0. The molecule has 2 fully saturated rings. The van der Waals surface area contributed by atoms with Crippen LogP contribution in [0.2, 0.25) is 0 Å². The van der Waals surface area contributed by atoms with E-state index in [-0.39, 0.29) is 43.7 Å². The second-order valence-electron chi connectivity index (χ2n) is 5.17. The quantitative estimate of drug-likeness (QED) is 0.533. The molecule has 2 atom stereocenters. The minimum absolute atomic E-state index is 0.0237. The molecule has 0 spiro atoms. The molecule has 2 aliphatic carbocycles. The lowest BCUT2D eigenvalue weighted by molar-refractivity contribution is -0.177. The molecule has 0 aliphatic heterocycles. The van der Waals surface area contributed by atoms with Crippen molar-refractivity contribution in [3.8, 4) is 0 Å². The van der Waals surface area contributed by atoms with Gasteiger partial charge < -0.3 is 9.47 Å². The normalized spacial score (nSPS) is 33.8. The summed E-state index contributed by atoms with van der Waals surface area (Å²) >= 11 is 0. The van der Waals surface area contributed by atoms with Crippen LogP contribution in [0.25, 0.3) is 0 Å². The van der Waals surface area contributed by atoms with Gasteiger partial charge in [0.2, 0.25) is 0 Å². The standard InChI is InChI=1S/C13H16O6/c1-18-10(16)12-5-3-9(15)13(7-12,11(17)19-2)6-4-8(12)14/h3-7H2,1-2H3/t12-,13?/m1/s1. The number of Topliss-reactive ketones (excluding diaryl/α,β-unsaturated/α-hetero) is 2. The Bertz CT molecular complexity index is 406. The van der Waals surface area contributed by atoms with Gasteiger partial charge >= 0.3 is 11.9 Å². The molecular weight excluding hydrogens is 252 g/mol. The van der Waals surface area contributed by atoms with Crippen LogP contribution in [0.4, 0.5) is 0 Å². The summed E-state index contributed by atoms with van der Waals surface area (Å²) in [5, 5.41) is 0. The Morgan fingerprint density at radius 2 is 1.26 bits per heavy atom. The first-order chi connectivity index (χ1) is 8.93. The van der Waals surface area contributed by atoms with Gasteiger partial charge in [-0.1, -0.05) is 0 Å². The number of hydrogen-bond donors (Lipinski definition) is 0. The van der Waals surface area contributed by atoms with E-state index in [1.807, 2.05) is 0 Å². The molecule has 2 rings (SSSR count). The molecule has 104 valence electrons. The summed E-state index contributed by atoms with van der Waals surface area (Å²) in [7, 11) is 2.41. The second-order valence-corrected chi connectivity index (χ2v) is 5.17. The summed E-state index contributed by atoms with van der Waals surface area (Å²) in [5.74, 6) is -1.80. The van der Waals surface area contributed by atoms with Crippen molar-refractivity contribution >= 4 is 23.5 Å². The molecule has 6 nitrogen and oxygen atoms in total. The number of esters is 2. The number of methoxy groups -OCH3 is 2. The molecule has 19 heavy (non-hydrogen) atoms. The Labute approximate surface area is 110 Å². The zero-order chi connectivity index (χ0) is 14.3. The SMILES string of the molecule is COC(=O)C12CCC(=O)[C@@](C(=O)OC)(CCC1=O)C2. The lowest BCUT2D eigenvalue weighted by Crippen LogP contribution is -2.58. The predicted octanol–water partition coefficient (Wildman–Crippen LogP) is 0.421. The third-order valence-electron chi connectivity index (χ3n) is 4.38. The van der Waals surface area contributed by atoms with E-state index < -0.39 is 22.8 Å². The Hall–Kier alpha value is -1.72. The molecule has 0 heterocycles. The summed E-state index contributed by atoms with van der Waals surface area (Å²) in [6.45, 7) is 0. The van der Waals surface area contributed by atoms with Gasteiger partial charge in [-0.2, -0.15) is 0 Å². The van der Waals surface area contributed by atoms with E-state index >= 15 is 0 Å². The molecule has 6 heteroatoms. The zero-order valence-corrected chi connectivity index (χ0v) is 11.0. The number of carbonyl (C=O) groups is 4. The second kappa shape index (κ2) is 4.43. The first-order valence-electron chi connectivity index (χ1n) is 6.16. The van der Waals surface area contributed by atoms with E-state index in [9.17, 15) is 19.2 Å². The van der Waals surface area contributed by atoms with Gasteiger partial charge in [0.1, 0.15) is 22.4 Å². The molecule has 2 bridgehead atoms. The van der Waals surface area contributed by atoms with Crippen LogP contribution in [0.1, 0.15) is 32.1 Å². The van der Waals surface area contributed by atoms with Crippen LogP contribution in [0.3, 0.4) is 0 Å². The summed E-state index contributed by atoms with van der Waals surface area (Å²) in [6.07, 6.45) is 0.176. The van der Waals surface area contributed by atoms with E-state index in [0.29, 0.717) is 0 Å². The third kappa shape index (κ3) is 1.69. The van der Waals surface area contributed by atoms with Crippen molar-refractivity contribution in [1.82, 2.24) is 0 Å². The average molecular weight is 268 g/mol. The monoisotopic (exact) mass is 268 g/mol. The van der Waals surface area contributed by atoms with E-state index in [4.69, 9.17) is 9.47 Å². The van der Waals surface area contributed by atoms with Crippen molar-refractivity contribution in [2.45, 2.75) is 32.1 Å². The highest BCUT2D eigenvalue weighted by Crippen LogP contribution is 2.53. The largest absolute Gasteiger partial charge is 0.468 e. The van der Waals surface area contributed by atoms with Crippen molar-refractivity contribution in [3.63, 3.8) is 0 Å². The van der Waals surface area contributed by atoms with Crippen molar-refractivity contribution in [2.24, 2.45) is 10.8 Å². The molecule has 0 aromatic carbocycles. The maximum absolute atomic E-state index is 12.1. The van der Waals surface area contributed by atoms with Crippen LogP contribution in [0, 0.1) is 10.8 Å². The number of rotatable bonds is 2. The van der Waals surface area contributed by atoms with Gasteiger partial charge in [-0.05, 0) is 19.3 Å². The number of hydrogen-bond acceptors (Lipinski definition) is 6. The Morgan fingerprint density at radius 3 is 1.58 bits per heavy atom. The highest BCUT2D eigenvalue weighted by Gasteiger charge is 2.64. The van der Waals surface area contributed by atoms with E-state index in [2.05, 4.69) is 0 Å². The van der Waals surface area contributed by atoms with Crippen LogP contribution in [-0.2, 0) is 28.7 Å². The van der Waals surface area contributed by atoms with Gasteiger partial charge in [0.15, 0.2) is 0 Å². The van der Waals surface area contributed by atoms with Crippen LogP contribution in [0.15, 0.2) is 0 Å². The fourth-order valence-corrected chi connectivity index (χ4v) is 3.27. The maximum Gasteiger partial charge on any atom is 0.319 e. The first-order valence-corrected chi connectivity index (χ1v) is 6.16. The molecular formula is C13H16O6. The lowest BCUT2D eigenvalue weighted by atomic mass is 9.53. The molecule has 0 aromatic rings. The van der Waals surface area contributed by atoms with E-state index in [1.54, 1.807) is 0 Å². The molecule has 0 aromatic heterocycles. The summed E-state index contributed by atoms with van der Waals surface area (Å²) < 4.78 is 9.41. The Balaban J connectivity index is 2.48. The molecule has 1 unspecified atom stereocenters. The molecule has 2 aliphatic rings.